The second-order valence-electron chi connectivity index (χ2n) is 4.41. The summed E-state index contributed by atoms with van der Waals surface area (Å²) < 4.78 is 34.2. The van der Waals surface area contributed by atoms with Gasteiger partial charge in [-0.3, -0.25) is 4.18 Å². The zero-order chi connectivity index (χ0) is 16.8. The third-order valence-electron chi connectivity index (χ3n) is 2.81. The Morgan fingerprint density at radius 1 is 1.23 bits per heavy atom. The number of carbonyl (C=O) groups is 1. The van der Waals surface area contributed by atoms with Gasteiger partial charge in [0.1, 0.15) is 13.2 Å². The van der Waals surface area contributed by atoms with Crippen molar-refractivity contribution in [3.8, 4) is 0 Å². The average molecular weight is 329 g/mol. The summed E-state index contributed by atoms with van der Waals surface area (Å²) in [6, 6.07) is 6.18. The Kier molecular flexibility index (Phi) is 6.51. The molecular formula is C14H19NO6S. The lowest BCUT2D eigenvalue weighted by Gasteiger charge is -2.16. The van der Waals surface area contributed by atoms with E-state index in [4.69, 9.17) is 4.18 Å². The Labute approximate surface area is 130 Å². The van der Waals surface area contributed by atoms with Crippen LogP contribution in [-0.4, -0.2) is 40.4 Å². The standard InChI is InChI=1S/C14H19NO6S/c1-5-12(13(15-20-4)14(16)19-3)21-22(17,18)11-8-6-10(2)7-9-11/h6-9,12H,5H2,1-4H3. The molecule has 0 saturated heterocycles. The second kappa shape index (κ2) is 7.90. The molecule has 7 nitrogen and oxygen atoms in total. The minimum atomic E-state index is -4.04. The van der Waals surface area contributed by atoms with Crippen molar-refractivity contribution in [2.24, 2.45) is 5.16 Å². The smallest absolute Gasteiger partial charge is 0.358 e. The van der Waals surface area contributed by atoms with Crippen LogP contribution in [0.1, 0.15) is 18.9 Å². The lowest BCUT2D eigenvalue weighted by Crippen LogP contribution is -2.33. The molecule has 0 fully saturated rings. The summed E-state index contributed by atoms with van der Waals surface area (Å²) in [5.74, 6) is -0.812. The van der Waals surface area contributed by atoms with Crippen LogP contribution in [0.25, 0.3) is 0 Å². The highest BCUT2D eigenvalue weighted by Gasteiger charge is 2.30. The van der Waals surface area contributed by atoms with E-state index in [2.05, 4.69) is 14.7 Å². The van der Waals surface area contributed by atoms with Crippen LogP contribution in [0.2, 0.25) is 0 Å². The molecule has 0 amide bonds. The minimum Gasteiger partial charge on any atom is -0.464 e. The van der Waals surface area contributed by atoms with Gasteiger partial charge in [-0.15, -0.1) is 0 Å². The highest BCUT2D eigenvalue weighted by atomic mass is 32.2. The summed E-state index contributed by atoms with van der Waals surface area (Å²) in [6.07, 6.45) is -0.902. The number of aryl methyl sites for hydroxylation is 1. The van der Waals surface area contributed by atoms with E-state index in [1.165, 1.54) is 19.2 Å². The normalized spacial score (nSPS) is 13.5. The molecule has 0 spiro atoms. The van der Waals surface area contributed by atoms with Gasteiger partial charge in [-0.2, -0.15) is 8.42 Å². The van der Waals surface area contributed by atoms with E-state index >= 15 is 0 Å². The number of nitrogens with zero attached hydrogens (tertiary/aromatic N) is 1. The fourth-order valence-corrected chi connectivity index (χ4v) is 2.76. The fraction of sp³-hybridized carbons (Fsp3) is 0.429. The molecule has 122 valence electrons. The number of benzene rings is 1. The number of carbonyl (C=O) groups excluding carboxylic acids is 1. The molecule has 0 saturated carbocycles. The van der Waals surface area contributed by atoms with Gasteiger partial charge in [0.25, 0.3) is 10.1 Å². The van der Waals surface area contributed by atoms with Crippen molar-refractivity contribution >= 4 is 21.8 Å². The summed E-state index contributed by atoms with van der Waals surface area (Å²) in [4.78, 5) is 16.2. The van der Waals surface area contributed by atoms with Crippen LogP contribution >= 0.6 is 0 Å². The fourth-order valence-electron chi connectivity index (χ4n) is 1.65. The Morgan fingerprint density at radius 3 is 2.27 bits per heavy atom. The van der Waals surface area contributed by atoms with Crippen LogP contribution in [0, 0.1) is 6.92 Å². The summed E-state index contributed by atoms with van der Waals surface area (Å²) in [5.41, 5.74) is 0.672. The first-order chi connectivity index (χ1) is 10.4. The molecule has 1 aromatic rings. The predicted octanol–water partition coefficient (Wildman–Crippen LogP) is 1.65. The average Bonchev–Trinajstić information content (AvgIpc) is 2.50. The number of hydrogen-bond acceptors (Lipinski definition) is 7. The maximum Gasteiger partial charge on any atom is 0.358 e. The first-order valence-electron chi connectivity index (χ1n) is 6.55. The molecule has 0 radical (unpaired) electrons. The Bertz CT molecular complexity index is 636. The third-order valence-corrected chi connectivity index (χ3v) is 4.15. The van der Waals surface area contributed by atoms with E-state index in [9.17, 15) is 13.2 Å². The molecule has 1 atom stereocenters. The minimum absolute atomic E-state index is 0.00168. The van der Waals surface area contributed by atoms with Gasteiger partial charge in [-0.1, -0.05) is 29.8 Å². The highest BCUT2D eigenvalue weighted by molar-refractivity contribution is 7.86. The first kappa shape index (κ1) is 18.1. The van der Waals surface area contributed by atoms with Crippen LogP contribution in [0.5, 0.6) is 0 Å². The van der Waals surface area contributed by atoms with Gasteiger partial charge in [0, 0.05) is 0 Å². The van der Waals surface area contributed by atoms with Crippen LogP contribution in [0.15, 0.2) is 34.3 Å². The van der Waals surface area contributed by atoms with Gasteiger partial charge in [0.15, 0.2) is 5.71 Å². The van der Waals surface area contributed by atoms with E-state index in [0.717, 1.165) is 12.7 Å². The number of methoxy groups -OCH3 is 1. The molecule has 0 aliphatic heterocycles. The van der Waals surface area contributed by atoms with Crippen molar-refractivity contribution in [2.75, 3.05) is 14.2 Å². The van der Waals surface area contributed by atoms with Crippen LogP contribution in [0.4, 0.5) is 0 Å². The Balaban J connectivity index is 3.08. The van der Waals surface area contributed by atoms with E-state index < -0.39 is 22.2 Å². The van der Waals surface area contributed by atoms with E-state index in [1.807, 2.05) is 6.92 Å². The molecule has 22 heavy (non-hydrogen) atoms. The summed E-state index contributed by atoms with van der Waals surface area (Å²) in [7, 11) is -1.64. The molecule has 0 N–H and O–H groups in total. The predicted molar refractivity (Wildman–Crippen MR) is 80.0 cm³/mol. The largest absolute Gasteiger partial charge is 0.464 e. The zero-order valence-electron chi connectivity index (χ0n) is 12.9. The number of ether oxygens (including phenoxy) is 1. The van der Waals surface area contributed by atoms with Gasteiger partial charge in [0.05, 0.1) is 12.0 Å². The van der Waals surface area contributed by atoms with Crippen molar-refractivity contribution in [1.82, 2.24) is 0 Å². The molecule has 0 bridgehead atoms. The van der Waals surface area contributed by atoms with Gasteiger partial charge in [-0.25, -0.2) is 4.79 Å². The molecule has 0 aliphatic rings. The molecule has 1 rings (SSSR count). The van der Waals surface area contributed by atoms with Gasteiger partial charge < -0.3 is 9.57 Å². The zero-order valence-corrected chi connectivity index (χ0v) is 13.7. The number of esters is 1. The molecule has 0 aliphatic carbocycles. The van der Waals surface area contributed by atoms with E-state index in [-0.39, 0.29) is 17.0 Å². The lowest BCUT2D eigenvalue weighted by molar-refractivity contribution is -0.133. The van der Waals surface area contributed by atoms with E-state index in [0.29, 0.717) is 0 Å². The molecular weight excluding hydrogens is 310 g/mol. The van der Waals surface area contributed by atoms with Crippen molar-refractivity contribution in [3.05, 3.63) is 29.8 Å². The summed E-state index contributed by atoms with van der Waals surface area (Å²) >= 11 is 0. The number of rotatable bonds is 7. The van der Waals surface area contributed by atoms with Gasteiger partial charge in [-0.05, 0) is 25.5 Å². The van der Waals surface area contributed by atoms with E-state index in [1.54, 1.807) is 19.1 Å². The van der Waals surface area contributed by atoms with Crippen LogP contribution in [-0.2, 0) is 28.7 Å². The Morgan fingerprint density at radius 2 is 1.82 bits per heavy atom. The maximum atomic E-state index is 12.3. The monoisotopic (exact) mass is 329 g/mol. The van der Waals surface area contributed by atoms with Crippen LogP contribution in [0.3, 0.4) is 0 Å². The summed E-state index contributed by atoms with van der Waals surface area (Å²) in [6.45, 7) is 3.50. The van der Waals surface area contributed by atoms with Crippen molar-refractivity contribution in [3.63, 3.8) is 0 Å². The topological polar surface area (TPSA) is 91.3 Å². The lowest BCUT2D eigenvalue weighted by atomic mass is 10.2. The molecule has 0 heterocycles. The number of hydrogen-bond donors (Lipinski definition) is 0. The maximum absolute atomic E-state index is 12.3. The quantitative estimate of drug-likeness (QED) is 0.327. The van der Waals surface area contributed by atoms with Crippen molar-refractivity contribution in [2.45, 2.75) is 31.3 Å². The molecule has 1 unspecified atom stereocenters. The first-order valence-corrected chi connectivity index (χ1v) is 7.95. The molecule has 8 heteroatoms. The highest BCUT2D eigenvalue weighted by Crippen LogP contribution is 2.17. The van der Waals surface area contributed by atoms with Crippen LogP contribution < -0.4 is 0 Å². The van der Waals surface area contributed by atoms with Crippen molar-refractivity contribution < 1.29 is 27.0 Å². The van der Waals surface area contributed by atoms with Gasteiger partial charge in [0.2, 0.25) is 0 Å². The molecule has 0 aromatic heterocycles. The number of oxime groups is 1. The Hall–Kier alpha value is -1.93. The van der Waals surface area contributed by atoms with Gasteiger partial charge >= 0.3 is 5.97 Å². The SMILES string of the molecule is CCC(OS(=O)(=O)c1ccc(C)cc1)C(=NOC)C(=O)OC. The second-order valence-corrected chi connectivity index (χ2v) is 5.98. The third kappa shape index (κ3) is 4.54. The van der Waals surface area contributed by atoms with Crippen molar-refractivity contribution in [1.29, 1.82) is 0 Å². The molecule has 1 aromatic carbocycles. The summed E-state index contributed by atoms with van der Waals surface area (Å²) in [5, 5.41) is 3.51.